The Bertz CT molecular complexity index is 680. The van der Waals surface area contributed by atoms with E-state index in [-0.39, 0.29) is 24.8 Å². The molecule has 1 heterocycles. The molecule has 0 amide bonds. The summed E-state index contributed by atoms with van der Waals surface area (Å²) in [6.07, 6.45) is -4.49. The second-order valence-electron chi connectivity index (χ2n) is 6.20. The first-order chi connectivity index (χ1) is 12.0. The Morgan fingerprint density at radius 2 is 1.64 bits per heavy atom. The topological polar surface area (TPSA) is 12.5 Å². The molecule has 25 heavy (non-hydrogen) atoms. The van der Waals surface area contributed by atoms with Crippen molar-refractivity contribution in [2.45, 2.75) is 24.4 Å². The molecular weight excluding hydrogens is 442 g/mol. The summed E-state index contributed by atoms with van der Waals surface area (Å²) in [5.41, 5.74) is -1.12. The number of benzene rings is 2. The zero-order chi connectivity index (χ0) is 17.9. The number of hydrogen-bond donors (Lipinski definition) is 0. The van der Waals surface area contributed by atoms with E-state index in [0.717, 1.165) is 5.56 Å². The Morgan fingerprint density at radius 1 is 1.04 bits per heavy atom. The van der Waals surface area contributed by atoms with Crippen molar-refractivity contribution in [1.29, 1.82) is 0 Å². The molecule has 134 valence electrons. The SMILES string of the molecule is FC(F)(F)[C@@]1(c2ccccc2)CN(Cc2ccccc2)[C@H](CI)CO1. The number of morpholine rings is 1. The van der Waals surface area contributed by atoms with Crippen molar-refractivity contribution in [2.75, 3.05) is 17.6 Å². The third kappa shape index (κ3) is 3.85. The van der Waals surface area contributed by atoms with Crippen molar-refractivity contribution < 1.29 is 17.9 Å². The van der Waals surface area contributed by atoms with Gasteiger partial charge in [0.2, 0.25) is 5.60 Å². The second kappa shape index (κ2) is 7.63. The molecule has 0 saturated carbocycles. The van der Waals surface area contributed by atoms with Gasteiger partial charge < -0.3 is 4.74 Å². The van der Waals surface area contributed by atoms with Gasteiger partial charge >= 0.3 is 6.18 Å². The number of halogens is 4. The van der Waals surface area contributed by atoms with Crippen molar-refractivity contribution in [1.82, 2.24) is 4.90 Å². The van der Waals surface area contributed by atoms with Gasteiger partial charge in [0, 0.05) is 23.6 Å². The second-order valence-corrected chi connectivity index (χ2v) is 7.08. The zero-order valence-electron chi connectivity index (χ0n) is 13.5. The lowest BCUT2D eigenvalue weighted by atomic mass is 9.89. The lowest BCUT2D eigenvalue weighted by molar-refractivity contribution is -0.309. The van der Waals surface area contributed by atoms with Crippen molar-refractivity contribution in [3.8, 4) is 0 Å². The van der Waals surface area contributed by atoms with Crippen LogP contribution in [0.15, 0.2) is 60.7 Å². The molecule has 1 aliphatic rings. The van der Waals surface area contributed by atoms with Gasteiger partial charge in [-0.2, -0.15) is 13.2 Å². The standard InChI is InChI=1S/C19H19F3INO/c20-19(21,22)18(16-9-5-2-6-10-16)14-24(17(11-23)13-25-18)12-15-7-3-1-4-8-15/h1-10,17H,11-14H2/t17-,18+/m1/s1. The maximum Gasteiger partial charge on any atom is 0.422 e. The van der Waals surface area contributed by atoms with Gasteiger partial charge in [-0.15, -0.1) is 0 Å². The largest absolute Gasteiger partial charge is 0.422 e. The Labute approximate surface area is 159 Å². The Hall–Kier alpha value is -1.12. The molecule has 0 N–H and O–H groups in total. The van der Waals surface area contributed by atoms with Gasteiger partial charge in [0.05, 0.1) is 6.61 Å². The van der Waals surface area contributed by atoms with Gasteiger partial charge in [-0.05, 0) is 11.1 Å². The lowest BCUT2D eigenvalue weighted by Gasteiger charge is -2.47. The zero-order valence-corrected chi connectivity index (χ0v) is 15.7. The molecule has 1 fully saturated rings. The van der Waals surface area contributed by atoms with Crippen LogP contribution in [0.2, 0.25) is 0 Å². The molecule has 6 heteroatoms. The fourth-order valence-corrected chi connectivity index (χ4v) is 3.98. The number of ether oxygens (including phenoxy) is 1. The highest BCUT2D eigenvalue weighted by atomic mass is 127. The first-order valence-electron chi connectivity index (χ1n) is 8.06. The lowest BCUT2D eigenvalue weighted by Crippen LogP contribution is -2.61. The number of nitrogens with zero attached hydrogens (tertiary/aromatic N) is 1. The molecule has 0 radical (unpaired) electrons. The van der Waals surface area contributed by atoms with Crippen molar-refractivity contribution in [2.24, 2.45) is 0 Å². The molecule has 1 saturated heterocycles. The summed E-state index contributed by atoms with van der Waals surface area (Å²) in [6, 6.07) is 17.5. The molecule has 3 rings (SSSR count). The minimum absolute atomic E-state index is 0.0417. The highest BCUT2D eigenvalue weighted by Gasteiger charge is 2.60. The highest BCUT2D eigenvalue weighted by Crippen LogP contribution is 2.45. The average Bonchev–Trinajstić information content (AvgIpc) is 2.62. The van der Waals surface area contributed by atoms with Crippen LogP contribution in [0.4, 0.5) is 13.2 Å². The highest BCUT2D eigenvalue weighted by molar-refractivity contribution is 14.1. The molecule has 0 spiro atoms. The van der Waals surface area contributed by atoms with E-state index in [0.29, 0.717) is 11.0 Å². The van der Waals surface area contributed by atoms with Gasteiger partial charge in [0.1, 0.15) is 0 Å². The molecule has 1 aliphatic heterocycles. The number of rotatable bonds is 4. The smallest absolute Gasteiger partial charge is 0.358 e. The van der Waals surface area contributed by atoms with E-state index >= 15 is 0 Å². The number of hydrogen-bond acceptors (Lipinski definition) is 2. The Morgan fingerprint density at radius 3 is 2.20 bits per heavy atom. The van der Waals surface area contributed by atoms with Crippen LogP contribution in [-0.4, -0.2) is 34.7 Å². The van der Waals surface area contributed by atoms with Crippen LogP contribution in [0.25, 0.3) is 0 Å². The van der Waals surface area contributed by atoms with Crippen LogP contribution in [0, 0.1) is 0 Å². The predicted octanol–water partition coefficient (Wildman–Crippen LogP) is 4.78. The molecule has 2 aromatic carbocycles. The first-order valence-corrected chi connectivity index (χ1v) is 9.59. The van der Waals surface area contributed by atoms with E-state index in [1.165, 1.54) is 12.1 Å². The summed E-state index contributed by atoms with van der Waals surface area (Å²) in [6.45, 7) is 0.329. The van der Waals surface area contributed by atoms with E-state index in [4.69, 9.17) is 4.74 Å². The van der Waals surface area contributed by atoms with E-state index in [1.807, 2.05) is 35.2 Å². The van der Waals surface area contributed by atoms with E-state index in [9.17, 15) is 13.2 Å². The van der Waals surface area contributed by atoms with Crippen LogP contribution in [0.3, 0.4) is 0 Å². The monoisotopic (exact) mass is 461 g/mol. The van der Waals surface area contributed by atoms with E-state index in [1.54, 1.807) is 18.2 Å². The number of alkyl halides is 4. The fourth-order valence-electron chi connectivity index (χ4n) is 3.17. The molecule has 0 aliphatic carbocycles. The summed E-state index contributed by atoms with van der Waals surface area (Å²) in [7, 11) is 0. The summed E-state index contributed by atoms with van der Waals surface area (Å²) < 4.78 is 48.4. The quantitative estimate of drug-likeness (QED) is 0.480. The maximum absolute atomic E-state index is 14.1. The van der Waals surface area contributed by atoms with Crippen LogP contribution < -0.4 is 0 Å². The Balaban J connectivity index is 1.95. The molecule has 0 unspecified atom stereocenters. The van der Waals surface area contributed by atoms with E-state index < -0.39 is 11.8 Å². The fraction of sp³-hybridized carbons (Fsp3) is 0.368. The van der Waals surface area contributed by atoms with Crippen molar-refractivity contribution in [3.05, 3.63) is 71.8 Å². The minimum Gasteiger partial charge on any atom is -0.358 e. The summed E-state index contributed by atoms with van der Waals surface area (Å²) in [5, 5.41) is 0. The minimum atomic E-state index is -4.49. The van der Waals surface area contributed by atoms with E-state index in [2.05, 4.69) is 22.6 Å². The van der Waals surface area contributed by atoms with Crippen LogP contribution >= 0.6 is 22.6 Å². The predicted molar refractivity (Wildman–Crippen MR) is 99.7 cm³/mol. The van der Waals surface area contributed by atoms with Gasteiger partial charge in [-0.1, -0.05) is 83.3 Å². The average molecular weight is 461 g/mol. The van der Waals surface area contributed by atoms with Crippen LogP contribution in [0.5, 0.6) is 0 Å². The summed E-state index contributed by atoms with van der Waals surface area (Å²) >= 11 is 2.21. The van der Waals surface area contributed by atoms with Gasteiger partial charge in [0.25, 0.3) is 0 Å². The molecule has 2 aromatic rings. The van der Waals surface area contributed by atoms with Gasteiger partial charge in [-0.3, -0.25) is 4.90 Å². The first kappa shape index (κ1) is 18.7. The molecule has 0 bridgehead atoms. The summed E-state index contributed by atoms with van der Waals surface area (Å²) in [4.78, 5) is 1.89. The van der Waals surface area contributed by atoms with Crippen LogP contribution in [0.1, 0.15) is 11.1 Å². The third-order valence-electron chi connectivity index (χ3n) is 4.57. The van der Waals surface area contributed by atoms with Crippen LogP contribution in [-0.2, 0) is 16.9 Å². The maximum atomic E-state index is 14.1. The normalized spacial score (nSPS) is 25.0. The molecule has 0 aromatic heterocycles. The molecular formula is C19H19F3INO. The molecule has 2 atom stereocenters. The van der Waals surface area contributed by atoms with Gasteiger partial charge in [0.15, 0.2) is 0 Å². The molecule has 2 nitrogen and oxygen atoms in total. The summed E-state index contributed by atoms with van der Waals surface area (Å²) in [5.74, 6) is 0. The van der Waals surface area contributed by atoms with Gasteiger partial charge in [-0.25, -0.2) is 0 Å². The Kier molecular flexibility index (Phi) is 5.70. The van der Waals surface area contributed by atoms with Crippen molar-refractivity contribution in [3.63, 3.8) is 0 Å². The van der Waals surface area contributed by atoms with Crippen molar-refractivity contribution >= 4 is 22.6 Å². The third-order valence-corrected chi connectivity index (χ3v) is 5.59.